The zero-order chi connectivity index (χ0) is 16.3. The summed E-state index contributed by atoms with van der Waals surface area (Å²) in [7, 11) is 0. The highest BCUT2D eigenvalue weighted by Gasteiger charge is 2.34. The Morgan fingerprint density at radius 2 is 2.05 bits per heavy atom. The van der Waals surface area contributed by atoms with Crippen LogP contribution in [0.5, 0.6) is 0 Å². The molecule has 0 unspecified atom stereocenters. The maximum absolute atomic E-state index is 12.3. The predicted octanol–water partition coefficient (Wildman–Crippen LogP) is 4.13. The first-order chi connectivity index (χ1) is 10.3. The normalized spacial score (nSPS) is 18.2. The lowest BCUT2D eigenvalue weighted by atomic mass is 10.1. The average molecular weight is 320 g/mol. The minimum Gasteiger partial charge on any atom is -0.444 e. The second-order valence-electron chi connectivity index (χ2n) is 6.64. The number of nitrogens with zero attached hydrogens (tertiary/aromatic N) is 1. The molecule has 4 nitrogen and oxygen atoms in total. The van der Waals surface area contributed by atoms with Gasteiger partial charge in [0.15, 0.2) is 0 Å². The molecule has 1 aliphatic heterocycles. The molecule has 0 aliphatic carbocycles. The lowest BCUT2D eigenvalue weighted by molar-refractivity contribution is 0.0267. The minimum absolute atomic E-state index is 0.0931. The number of hydrogen-bond donors (Lipinski definition) is 1. The molecule has 22 heavy (non-hydrogen) atoms. The summed E-state index contributed by atoms with van der Waals surface area (Å²) >= 11 is 5.53. The van der Waals surface area contributed by atoms with Crippen molar-refractivity contribution in [2.75, 3.05) is 11.9 Å². The van der Waals surface area contributed by atoms with E-state index in [1.165, 1.54) is 0 Å². The molecule has 0 aromatic heterocycles. The van der Waals surface area contributed by atoms with Crippen LogP contribution in [0.15, 0.2) is 24.3 Å². The summed E-state index contributed by atoms with van der Waals surface area (Å²) in [4.78, 5) is 14.7. The van der Waals surface area contributed by atoms with E-state index >= 15 is 0 Å². The maximum Gasteiger partial charge on any atom is 0.410 e. The third-order valence-electron chi connectivity index (χ3n) is 3.59. The molecule has 1 aliphatic rings. The Balaban J connectivity index is 2.05. The van der Waals surface area contributed by atoms with Crippen LogP contribution in [0.3, 0.4) is 0 Å². The van der Waals surface area contributed by atoms with Crippen molar-refractivity contribution in [3.63, 3.8) is 0 Å². The Hall–Kier alpha value is -1.62. The number of aryl methyl sites for hydroxylation is 1. The van der Waals surface area contributed by atoms with E-state index in [9.17, 15) is 4.79 Å². The van der Waals surface area contributed by atoms with Crippen LogP contribution < -0.4 is 5.32 Å². The number of hydrogen-bond acceptors (Lipinski definition) is 3. The molecule has 1 aromatic carbocycles. The number of benzene rings is 1. The number of thiocarbonyl (C=S) groups is 1. The highest BCUT2D eigenvalue weighted by molar-refractivity contribution is 7.80. The topological polar surface area (TPSA) is 41.6 Å². The van der Waals surface area contributed by atoms with Gasteiger partial charge in [-0.1, -0.05) is 30.4 Å². The zero-order valence-electron chi connectivity index (χ0n) is 13.7. The molecule has 1 N–H and O–H groups in total. The molecule has 0 saturated carbocycles. The molecule has 1 saturated heterocycles. The van der Waals surface area contributed by atoms with E-state index in [-0.39, 0.29) is 12.1 Å². The van der Waals surface area contributed by atoms with E-state index in [2.05, 4.69) is 5.32 Å². The van der Waals surface area contributed by atoms with Crippen molar-refractivity contribution < 1.29 is 9.53 Å². The maximum atomic E-state index is 12.3. The Labute approximate surface area is 137 Å². The van der Waals surface area contributed by atoms with E-state index in [4.69, 9.17) is 17.0 Å². The molecule has 1 heterocycles. The predicted molar refractivity (Wildman–Crippen MR) is 93.4 cm³/mol. The second-order valence-corrected chi connectivity index (χ2v) is 7.08. The summed E-state index contributed by atoms with van der Waals surface area (Å²) in [6.07, 6.45) is 1.53. The summed E-state index contributed by atoms with van der Waals surface area (Å²) < 4.78 is 5.48. The summed E-state index contributed by atoms with van der Waals surface area (Å²) in [5.74, 6) is 0. The van der Waals surface area contributed by atoms with E-state index in [0.29, 0.717) is 11.5 Å². The van der Waals surface area contributed by atoms with Crippen molar-refractivity contribution in [2.24, 2.45) is 0 Å². The van der Waals surface area contributed by atoms with E-state index < -0.39 is 5.60 Å². The van der Waals surface area contributed by atoms with Gasteiger partial charge in [-0.15, -0.1) is 0 Å². The minimum atomic E-state index is -0.491. The van der Waals surface area contributed by atoms with Gasteiger partial charge in [0.25, 0.3) is 0 Å². The van der Waals surface area contributed by atoms with Crippen LogP contribution in [-0.4, -0.2) is 34.2 Å². The van der Waals surface area contributed by atoms with Crippen molar-refractivity contribution >= 4 is 29.0 Å². The molecule has 1 fully saturated rings. The highest BCUT2D eigenvalue weighted by atomic mass is 32.1. The number of ether oxygens (including phenoxy) is 1. The first-order valence-electron chi connectivity index (χ1n) is 7.64. The van der Waals surface area contributed by atoms with Crippen LogP contribution >= 0.6 is 12.2 Å². The Morgan fingerprint density at radius 1 is 1.36 bits per heavy atom. The fourth-order valence-electron chi connectivity index (χ4n) is 2.51. The fourth-order valence-corrected chi connectivity index (χ4v) is 2.86. The monoisotopic (exact) mass is 320 g/mol. The van der Waals surface area contributed by atoms with Gasteiger partial charge in [0.1, 0.15) is 10.6 Å². The third-order valence-corrected chi connectivity index (χ3v) is 3.96. The van der Waals surface area contributed by atoms with Gasteiger partial charge in [0.2, 0.25) is 0 Å². The molecule has 1 atom stereocenters. The molecule has 1 aromatic rings. The Bertz CT molecular complexity index is 566. The summed E-state index contributed by atoms with van der Waals surface area (Å²) in [6.45, 7) is 8.35. The average Bonchev–Trinajstić information content (AvgIpc) is 2.89. The molecule has 120 valence electrons. The van der Waals surface area contributed by atoms with Crippen molar-refractivity contribution in [3.05, 3.63) is 29.8 Å². The largest absolute Gasteiger partial charge is 0.444 e. The van der Waals surface area contributed by atoms with Crippen LogP contribution in [0.2, 0.25) is 0 Å². The van der Waals surface area contributed by atoms with Gasteiger partial charge in [-0.25, -0.2) is 4.79 Å². The van der Waals surface area contributed by atoms with Crippen LogP contribution in [0.25, 0.3) is 0 Å². The SMILES string of the molecule is Cc1ccccc1NC(=S)[C@@H]1CCCN1C(=O)OC(C)(C)C. The zero-order valence-corrected chi connectivity index (χ0v) is 14.5. The molecule has 0 radical (unpaired) electrons. The molecule has 2 rings (SSSR count). The smallest absolute Gasteiger partial charge is 0.410 e. The summed E-state index contributed by atoms with van der Waals surface area (Å²) in [5, 5.41) is 3.28. The number of anilines is 1. The van der Waals surface area contributed by atoms with Crippen LogP contribution in [0.1, 0.15) is 39.2 Å². The Kier molecular flexibility index (Phi) is 5.06. The van der Waals surface area contributed by atoms with Crippen LogP contribution in [0.4, 0.5) is 10.5 Å². The Morgan fingerprint density at radius 3 is 2.68 bits per heavy atom. The number of para-hydroxylation sites is 1. The van der Waals surface area contributed by atoms with Gasteiger partial charge in [0.05, 0.1) is 6.04 Å². The van der Waals surface area contributed by atoms with Crippen LogP contribution in [-0.2, 0) is 4.74 Å². The first kappa shape index (κ1) is 16.7. The molecular formula is C17H24N2O2S. The van der Waals surface area contributed by atoms with Crippen molar-refractivity contribution in [2.45, 2.75) is 52.2 Å². The number of likely N-dealkylation sites (tertiary alicyclic amines) is 1. The summed E-state index contributed by atoms with van der Waals surface area (Å²) in [5.41, 5.74) is 1.63. The van der Waals surface area contributed by atoms with Gasteiger partial charge in [-0.05, 0) is 52.2 Å². The number of amides is 1. The van der Waals surface area contributed by atoms with Crippen LogP contribution in [0, 0.1) is 6.92 Å². The van der Waals surface area contributed by atoms with Crippen molar-refractivity contribution in [3.8, 4) is 0 Å². The number of carbonyl (C=O) groups is 1. The van der Waals surface area contributed by atoms with E-state index in [0.717, 1.165) is 24.1 Å². The standard InChI is InChI=1S/C17H24N2O2S/c1-12-8-5-6-9-13(12)18-15(22)14-10-7-11-19(14)16(20)21-17(2,3)4/h5-6,8-9,14H,7,10-11H2,1-4H3,(H,18,22)/t14-/m0/s1. The third kappa shape index (κ3) is 4.19. The second kappa shape index (κ2) is 6.65. The van der Waals surface area contributed by atoms with Gasteiger partial charge >= 0.3 is 6.09 Å². The van der Waals surface area contributed by atoms with Crippen molar-refractivity contribution in [1.29, 1.82) is 0 Å². The molecule has 0 spiro atoms. The molecule has 1 amide bonds. The molecule has 0 bridgehead atoms. The molecular weight excluding hydrogens is 296 g/mol. The lowest BCUT2D eigenvalue weighted by Gasteiger charge is -2.29. The van der Waals surface area contributed by atoms with Gasteiger partial charge in [-0.3, -0.25) is 4.90 Å². The number of carbonyl (C=O) groups excluding carboxylic acids is 1. The van der Waals surface area contributed by atoms with Gasteiger partial charge < -0.3 is 10.1 Å². The first-order valence-corrected chi connectivity index (χ1v) is 8.05. The lowest BCUT2D eigenvalue weighted by Crippen LogP contribution is -2.44. The molecule has 5 heteroatoms. The number of rotatable bonds is 2. The van der Waals surface area contributed by atoms with E-state index in [1.54, 1.807) is 4.90 Å². The van der Waals surface area contributed by atoms with Gasteiger partial charge in [0, 0.05) is 12.2 Å². The number of nitrogens with one attached hydrogen (secondary N) is 1. The summed E-state index contributed by atoms with van der Waals surface area (Å²) in [6, 6.07) is 7.90. The highest BCUT2D eigenvalue weighted by Crippen LogP contribution is 2.23. The fraction of sp³-hybridized carbons (Fsp3) is 0.529. The van der Waals surface area contributed by atoms with Crippen molar-refractivity contribution in [1.82, 2.24) is 4.90 Å². The van der Waals surface area contributed by atoms with E-state index in [1.807, 2.05) is 52.0 Å². The quantitative estimate of drug-likeness (QED) is 0.832. The van der Waals surface area contributed by atoms with Gasteiger partial charge in [-0.2, -0.15) is 0 Å².